The highest BCUT2D eigenvalue weighted by Crippen LogP contribution is 2.46. The molecule has 0 N–H and O–H groups in total. The third-order valence-electron chi connectivity index (χ3n) is 5.50. The van der Waals surface area contributed by atoms with Crippen LogP contribution in [0.4, 0.5) is 0 Å². The maximum atomic E-state index is 13.5. The molecule has 0 amide bonds. The van der Waals surface area contributed by atoms with Gasteiger partial charge in [-0.25, -0.2) is 4.79 Å². The fraction of sp³-hybridized carbons (Fsp3) is 0.545. The van der Waals surface area contributed by atoms with Gasteiger partial charge in [0.2, 0.25) is 0 Å². The van der Waals surface area contributed by atoms with E-state index in [-0.39, 0.29) is 17.8 Å². The van der Waals surface area contributed by atoms with Crippen LogP contribution in [0, 0.1) is 24.7 Å². The van der Waals surface area contributed by atoms with Gasteiger partial charge in [-0.3, -0.25) is 14.6 Å². The van der Waals surface area contributed by atoms with Gasteiger partial charge in [-0.05, 0) is 52.2 Å². The fourth-order valence-electron chi connectivity index (χ4n) is 4.31. The van der Waals surface area contributed by atoms with Gasteiger partial charge in [0.15, 0.2) is 5.78 Å². The first-order valence-electron chi connectivity index (χ1n) is 9.82. The number of furan rings is 1. The molecule has 0 bridgehead atoms. The molecule has 1 aromatic heterocycles. The predicted octanol–water partition coefficient (Wildman–Crippen LogP) is 3.37. The van der Waals surface area contributed by atoms with Gasteiger partial charge in [0.25, 0.3) is 0 Å². The van der Waals surface area contributed by atoms with Crippen LogP contribution >= 0.6 is 0 Å². The number of ketones is 1. The van der Waals surface area contributed by atoms with Crippen molar-refractivity contribution in [1.82, 2.24) is 0 Å². The van der Waals surface area contributed by atoms with Crippen LogP contribution in [0.15, 0.2) is 32.8 Å². The van der Waals surface area contributed by atoms with Gasteiger partial charge in [-0.2, -0.15) is 0 Å². The molecule has 1 aromatic rings. The van der Waals surface area contributed by atoms with Crippen LogP contribution < -0.4 is 0 Å². The van der Waals surface area contributed by atoms with Crippen LogP contribution in [0.5, 0.6) is 0 Å². The number of fused-ring (bicyclic) bond motifs is 1. The summed E-state index contributed by atoms with van der Waals surface area (Å²) < 4.78 is 16.2. The molecule has 2 aliphatic rings. The van der Waals surface area contributed by atoms with Crippen LogP contribution in [0.25, 0.3) is 0 Å². The van der Waals surface area contributed by atoms with Gasteiger partial charge in [0.05, 0.1) is 30.6 Å². The second-order valence-corrected chi connectivity index (χ2v) is 8.04. The highest BCUT2D eigenvalue weighted by molar-refractivity contribution is 6.17. The lowest BCUT2D eigenvalue weighted by atomic mass is 9.64. The van der Waals surface area contributed by atoms with Crippen LogP contribution in [-0.2, 0) is 23.9 Å². The Morgan fingerprint density at radius 2 is 1.90 bits per heavy atom. The number of methoxy groups -OCH3 is 1. The van der Waals surface area contributed by atoms with Gasteiger partial charge in [0.1, 0.15) is 17.4 Å². The summed E-state index contributed by atoms with van der Waals surface area (Å²) in [5.41, 5.74) is 1.48. The van der Waals surface area contributed by atoms with Crippen molar-refractivity contribution in [2.75, 3.05) is 7.11 Å². The van der Waals surface area contributed by atoms with E-state index in [1.165, 1.54) is 7.11 Å². The van der Waals surface area contributed by atoms with E-state index in [0.717, 1.165) is 0 Å². The average molecular weight is 401 g/mol. The number of esters is 2. The highest BCUT2D eigenvalue weighted by atomic mass is 16.5. The van der Waals surface area contributed by atoms with Crippen LogP contribution in [-0.4, -0.2) is 36.6 Å². The molecule has 0 spiro atoms. The zero-order valence-electron chi connectivity index (χ0n) is 17.6. The maximum Gasteiger partial charge on any atom is 0.336 e. The molecule has 0 aromatic carbocycles. The Hall–Kier alpha value is -2.70. The number of rotatable bonds is 4. The molecule has 1 aliphatic heterocycles. The number of hydrogen-bond acceptors (Lipinski definition) is 7. The van der Waals surface area contributed by atoms with E-state index < -0.39 is 29.7 Å². The van der Waals surface area contributed by atoms with Crippen molar-refractivity contribution in [3.8, 4) is 0 Å². The number of aryl methyl sites for hydroxylation is 1. The summed E-state index contributed by atoms with van der Waals surface area (Å²) in [6.45, 7) is 8.90. The molecule has 1 saturated carbocycles. The Labute approximate surface area is 170 Å². The van der Waals surface area contributed by atoms with E-state index in [2.05, 4.69) is 4.99 Å². The fourth-order valence-corrected chi connectivity index (χ4v) is 4.31. The molecule has 29 heavy (non-hydrogen) atoms. The second kappa shape index (κ2) is 7.97. The summed E-state index contributed by atoms with van der Waals surface area (Å²) in [6, 6.07) is 3.55. The van der Waals surface area contributed by atoms with Gasteiger partial charge in [-0.15, -0.1) is 0 Å². The number of carbonyl (C=O) groups excluding carboxylic acids is 3. The normalized spacial score (nSPS) is 26.9. The summed E-state index contributed by atoms with van der Waals surface area (Å²) in [7, 11) is 1.27. The van der Waals surface area contributed by atoms with E-state index in [0.29, 0.717) is 34.9 Å². The lowest BCUT2D eigenvalue weighted by Crippen LogP contribution is -2.48. The molecule has 2 heterocycles. The smallest absolute Gasteiger partial charge is 0.336 e. The number of aliphatic imine (C=N–C) groups is 1. The Kier molecular flexibility index (Phi) is 5.78. The number of carbonyl (C=O) groups is 3. The molecule has 1 fully saturated rings. The second-order valence-electron chi connectivity index (χ2n) is 8.04. The minimum absolute atomic E-state index is 0.235. The van der Waals surface area contributed by atoms with E-state index >= 15 is 0 Å². The molecule has 1 aliphatic carbocycles. The van der Waals surface area contributed by atoms with Crippen molar-refractivity contribution in [3.05, 3.63) is 34.9 Å². The third-order valence-corrected chi connectivity index (χ3v) is 5.50. The van der Waals surface area contributed by atoms with E-state index in [9.17, 15) is 14.4 Å². The van der Waals surface area contributed by atoms with E-state index in [1.54, 1.807) is 39.8 Å². The van der Waals surface area contributed by atoms with Crippen molar-refractivity contribution >= 4 is 23.4 Å². The minimum Gasteiger partial charge on any atom is -0.468 e. The summed E-state index contributed by atoms with van der Waals surface area (Å²) in [5.74, 6) is -2.82. The Balaban J connectivity index is 2.15. The number of allylic oxidation sites excluding steroid dienone is 1. The number of hydrogen-bond donors (Lipinski definition) is 0. The van der Waals surface area contributed by atoms with Crippen LogP contribution in [0.3, 0.4) is 0 Å². The van der Waals surface area contributed by atoms with Crippen LogP contribution in [0.2, 0.25) is 0 Å². The number of nitrogens with zero attached hydrogens (tertiary/aromatic N) is 1. The zero-order chi connectivity index (χ0) is 21.5. The first-order valence-corrected chi connectivity index (χ1v) is 9.82. The Morgan fingerprint density at radius 3 is 2.45 bits per heavy atom. The Bertz CT molecular complexity index is 906. The summed E-state index contributed by atoms with van der Waals surface area (Å²) >= 11 is 0. The van der Waals surface area contributed by atoms with Gasteiger partial charge in [0, 0.05) is 11.4 Å². The monoisotopic (exact) mass is 401 g/mol. The molecule has 4 atom stereocenters. The number of Topliss-reactive ketones (excluding diaryl/α,β-unsaturated/α-hetero) is 1. The topological polar surface area (TPSA) is 95.2 Å². The van der Waals surface area contributed by atoms with Crippen molar-refractivity contribution in [2.45, 2.75) is 53.1 Å². The van der Waals surface area contributed by atoms with Gasteiger partial charge >= 0.3 is 11.9 Å². The summed E-state index contributed by atoms with van der Waals surface area (Å²) in [6.07, 6.45) is 0.146. The standard InChI is InChI=1S/C22H27NO6/c1-10(2)28-22(26)17-13(5)23-14-9-11(3)16(21(25)27-6)20(24)18(14)19(17)15-8-7-12(4)29-15/h7-8,10-11,16,18-19H,9H2,1-6H3/t11-,16-,18?,19+/m0/s1. The zero-order valence-corrected chi connectivity index (χ0v) is 17.6. The largest absolute Gasteiger partial charge is 0.468 e. The SMILES string of the molecule is COC(=O)[C@@H]1C(=O)C2C(=NC(C)=C(C(=O)OC(C)C)[C@H]2c2ccc(C)o2)C[C@@H]1C. The van der Waals surface area contributed by atoms with E-state index in [1.807, 2.05) is 6.92 Å². The molecule has 156 valence electrons. The first kappa shape index (κ1) is 21.0. The lowest BCUT2D eigenvalue weighted by Gasteiger charge is -2.39. The summed E-state index contributed by atoms with van der Waals surface area (Å²) in [4.78, 5) is 43.3. The van der Waals surface area contributed by atoms with Gasteiger partial charge < -0.3 is 13.9 Å². The molecular weight excluding hydrogens is 374 g/mol. The number of ether oxygens (including phenoxy) is 2. The molecule has 7 heteroatoms. The Morgan fingerprint density at radius 1 is 1.21 bits per heavy atom. The van der Waals surface area contributed by atoms with E-state index in [4.69, 9.17) is 13.9 Å². The van der Waals surface area contributed by atoms with Crippen LogP contribution in [0.1, 0.15) is 51.6 Å². The highest BCUT2D eigenvalue weighted by Gasteiger charge is 2.52. The summed E-state index contributed by atoms with van der Waals surface area (Å²) in [5, 5.41) is 0. The molecule has 1 unspecified atom stereocenters. The maximum absolute atomic E-state index is 13.5. The molecular formula is C22H27NO6. The van der Waals surface area contributed by atoms with Crippen molar-refractivity contribution in [2.24, 2.45) is 22.7 Å². The van der Waals surface area contributed by atoms with Crippen molar-refractivity contribution < 1.29 is 28.3 Å². The van der Waals surface area contributed by atoms with Crippen molar-refractivity contribution in [3.63, 3.8) is 0 Å². The van der Waals surface area contributed by atoms with Gasteiger partial charge in [-0.1, -0.05) is 6.92 Å². The quantitative estimate of drug-likeness (QED) is 0.567. The lowest BCUT2D eigenvalue weighted by molar-refractivity contribution is -0.152. The average Bonchev–Trinajstić information content (AvgIpc) is 3.05. The minimum atomic E-state index is -0.900. The first-order chi connectivity index (χ1) is 13.6. The molecule has 3 rings (SSSR count). The third kappa shape index (κ3) is 3.78. The molecule has 0 radical (unpaired) electrons. The van der Waals surface area contributed by atoms with Crippen molar-refractivity contribution in [1.29, 1.82) is 0 Å². The predicted molar refractivity (Wildman–Crippen MR) is 105 cm³/mol. The molecule has 0 saturated heterocycles. The molecule has 7 nitrogen and oxygen atoms in total.